The number of rotatable bonds is 10. The quantitative estimate of drug-likeness (QED) is 0.125. The lowest BCUT2D eigenvalue weighted by molar-refractivity contribution is 0.0383. The van der Waals surface area contributed by atoms with E-state index in [0.29, 0.717) is 45.1 Å². The zero-order valence-electron chi connectivity index (χ0n) is 28.2. The molecule has 0 saturated carbocycles. The topological polar surface area (TPSA) is 80.0 Å². The van der Waals surface area contributed by atoms with Crippen molar-refractivity contribution in [1.29, 1.82) is 0 Å². The van der Waals surface area contributed by atoms with Gasteiger partial charge in [-0.05, 0) is 49.6 Å². The molecule has 2 aliphatic rings. The first-order valence-electron chi connectivity index (χ1n) is 17.5. The van der Waals surface area contributed by atoms with Gasteiger partial charge in [0.25, 0.3) is 0 Å². The number of fused-ring (bicyclic) bond motifs is 3. The molecule has 0 unspecified atom stereocenters. The number of benzene rings is 3. The Kier molecular flexibility index (Phi) is 10.1. The Balaban J connectivity index is 1.28. The second kappa shape index (κ2) is 14.9. The lowest BCUT2D eigenvalue weighted by Gasteiger charge is -2.26. The van der Waals surface area contributed by atoms with E-state index >= 15 is 0 Å². The molecule has 0 radical (unpaired) electrons. The van der Waals surface area contributed by atoms with Crippen molar-refractivity contribution < 1.29 is 23.7 Å². The number of morpholine rings is 1. The number of ether oxygens (including phenoxy) is 4. The van der Waals surface area contributed by atoms with Crippen LogP contribution in [0.4, 0.5) is 0 Å². The minimum atomic E-state index is -0.269. The lowest BCUT2D eigenvalue weighted by atomic mass is 9.97. The zero-order chi connectivity index (χ0) is 32.9. The van der Waals surface area contributed by atoms with Crippen LogP contribution in [0.3, 0.4) is 0 Å². The molecule has 3 aromatic carbocycles. The average molecular weight is 651 g/mol. The molecule has 0 N–H and O–H groups in total. The van der Waals surface area contributed by atoms with Crippen molar-refractivity contribution in [3.05, 3.63) is 83.3 Å². The van der Waals surface area contributed by atoms with Crippen molar-refractivity contribution in [1.82, 2.24) is 19.2 Å². The van der Waals surface area contributed by atoms with Gasteiger partial charge in [0, 0.05) is 68.2 Å². The molecule has 9 nitrogen and oxygen atoms in total. The van der Waals surface area contributed by atoms with Gasteiger partial charge in [-0.2, -0.15) is 5.10 Å². The van der Waals surface area contributed by atoms with Crippen LogP contribution in [0, 0.1) is 0 Å². The number of esters is 1. The Morgan fingerprint density at radius 2 is 1.71 bits per heavy atom. The van der Waals surface area contributed by atoms with E-state index < -0.39 is 0 Å². The molecule has 9 heteroatoms. The first-order chi connectivity index (χ1) is 23.6. The average Bonchev–Trinajstić information content (AvgIpc) is 3.59. The monoisotopic (exact) mass is 650 g/mol. The largest absolute Gasteiger partial charge is 0.493 e. The Bertz CT molecular complexity index is 1880. The summed E-state index contributed by atoms with van der Waals surface area (Å²) in [7, 11) is 2.02. The summed E-state index contributed by atoms with van der Waals surface area (Å²) in [5.74, 6) is 0.614. The summed E-state index contributed by atoms with van der Waals surface area (Å²) in [5, 5.41) is 8.43. The smallest absolute Gasteiger partial charge is 0.355 e. The van der Waals surface area contributed by atoms with Gasteiger partial charge < -0.3 is 23.5 Å². The molecule has 2 aromatic heterocycles. The summed E-state index contributed by atoms with van der Waals surface area (Å²) in [6.07, 6.45) is 4.07. The van der Waals surface area contributed by atoms with Crippen LogP contribution >= 0.6 is 0 Å². The highest BCUT2D eigenvalue weighted by atomic mass is 16.5. The van der Waals surface area contributed by atoms with Crippen LogP contribution in [-0.2, 0) is 47.3 Å². The number of aryl methyl sites for hydroxylation is 3. The highest BCUT2D eigenvalue weighted by Gasteiger charge is 2.29. The number of para-hydroxylation sites is 1. The van der Waals surface area contributed by atoms with E-state index in [1.807, 2.05) is 42.9 Å². The lowest BCUT2D eigenvalue weighted by Crippen LogP contribution is -2.37. The Morgan fingerprint density at radius 3 is 2.58 bits per heavy atom. The van der Waals surface area contributed by atoms with E-state index in [4.69, 9.17) is 24.0 Å². The van der Waals surface area contributed by atoms with Crippen molar-refractivity contribution in [2.24, 2.45) is 7.05 Å². The van der Waals surface area contributed by atoms with Crippen molar-refractivity contribution in [2.75, 3.05) is 52.7 Å². The van der Waals surface area contributed by atoms with Gasteiger partial charge in [-0.15, -0.1) is 0 Å². The molecule has 4 heterocycles. The van der Waals surface area contributed by atoms with Gasteiger partial charge in [0.05, 0.1) is 49.9 Å². The molecular formula is C39H46N4O5. The maximum atomic E-state index is 13.8. The number of carbonyl (C=O) groups excluding carboxylic acids is 1. The summed E-state index contributed by atoms with van der Waals surface area (Å²) in [6, 6.07) is 20.9. The van der Waals surface area contributed by atoms with E-state index in [-0.39, 0.29) is 5.97 Å². The van der Waals surface area contributed by atoms with Gasteiger partial charge in [-0.1, -0.05) is 54.6 Å². The molecule has 7 rings (SSSR count). The first-order valence-corrected chi connectivity index (χ1v) is 17.5. The molecule has 1 fully saturated rings. The molecule has 2 aliphatic heterocycles. The number of aromatic nitrogens is 3. The Morgan fingerprint density at radius 1 is 0.896 bits per heavy atom. The standard InChI is InChI=1S/C39H46N4O5/c1-3-47-39(44)38-31(16-10-24-48-35-17-8-12-28-11-4-5-13-29(28)35)30-14-9-15-32-36-33(18-20-42-21-25-45-26-22-42)40-41(2)34(36)27-46-23-7-6-19-43(38)37(30)32/h4-5,8-9,11-15,17H,3,6-7,10,16,18-27H2,1-2H3. The van der Waals surface area contributed by atoms with E-state index in [0.717, 1.165) is 114 Å². The molecule has 5 aromatic rings. The van der Waals surface area contributed by atoms with Crippen LogP contribution in [0.2, 0.25) is 0 Å². The number of carbonyl (C=O) groups is 1. The predicted octanol–water partition coefficient (Wildman–Crippen LogP) is 6.57. The molecule has 1 saturated heterocycles. The maximum Gasteiger partial charge on any atom is 0.355 e. The molecule has 0 aliphatic carbocycles. The van der Waals surface area contributed by atoms with Gasteiger partial charge in [0.2, 0.25) is 0 Å². The van der Waals surface area contributed by atoms with Crippen molar-refractivity contribution in [2.45, 2.75) is 52.2 Å². The van der Waals surface area contributed by atoms with Crippen LogP contribution in [0.15, 0.2) is 60.7 Å². The van der Waals surface area contributed by atoms with Crippen molar-refractivity contribution in [3.63, 3.8) is 0 Å². The molecule has 0 atom stereocenters. The second-order valence-electron chi connectivity index (χ2n) is 12.7. The van der Waals surface area contributed by atoms with Crippen LogP contribution in [0.1, 0.15) is 53.6 Å². The molecule has 48 heavy (non-hydrogen) atoms. The maximum absolute atomic E-state index is 13.8. The fourth-order valence-corrected chi connectivity index (χ4v) is 7.35. The Hall–Kier alpha value is -4.18. The van der Waals surface area contributed by atoms with E-state index in [1.165, 1.54) is 0 Å². The summed E-state index contributed by atoms with van der Waals surface area (Å²) in [5.41, 5.74) is 7.11. The molecule has 0 spiro atoms. The Labute approximate surface area is 282 Å². The molecular weight excluding hydrogens is 604 g/mol. The summed E-state index contributed by atoms with van der Waals surface area (Å²) < 4.78 is 28.1. The second-order valence-corrected chi connectivity index (χ2v) is 12.7. The van der Waals surface area contributed by atoms with E-state index in [2.05, 4.69) is 45.9 Å². The minimum Gasteiger partial charge on any atom is -0.493 e. The van der Waals surface area contributed by atoms with E-state index in [9.17, 15) is 4.79 Å². The van der Waals surface area contributed by atoms with Crippen molar-refractivity contribution >= 4 is 27.6 Å². The normalized spacial score (nSPS) is 15.7. The summed E-state index contributed by atoms with van der Waals surface area (Å²) in [6.45, 7) is 8.92. The summed E-state index contributed by atoms with van der Waals surface area (Å²) in [4.78, 5) is 16.3. The van der Waals surface area contributed by atoms with Crippen LogP contribution in [0.5, 0.6) is 5.75 Å². The van der Waals surface area contributed by atoms with Gasteiger partial charge >= 0.3 is 5.97 Å². The SMILES string of the molecule is CCOC(=O)c1c(CCCOc2cccc3ccccc23)c2cccc3c2n1CCCCOCc1c-3c(CCN2CCOCC2)nn1C. The fourth-order valence-electron chi connectivity index (χ4n) is 7.35. The fraction of sp³-hybridized carbons (Fsp3) is 0.436. The third kappa shape index (κ3) is 6.59. The van der Waals surface area contributed by atoms with Gasteiger partial charge in [0.15, 0.2) is 0 Å². The minimum absolute atomic E-state index is 0.269. The third-order valence-electron chi connectivity index (χ3n) is 9.67. The third-order valence-corrected chi connectivity index (χ3v) is 9.67. The van der Waals surface area contributed by atoms with E-state index in [1.54, 1.807) is 0 Å². The number of nitrogens with zero attached hydrogens (tertiary/aromatic N) is 4. The summed E-state index contributed by atoms with van der Waals surface area (Å²) >= 11 is 0. The van der Waals surface area contributed by atoms with Gasteiger partial charge in [-0.3, -0.25) is 9.58 Å². The van der Waals surface area contributed by atoms with Crippen molar-refractivity contribution in [3.8, 4) is 16.9 Å². The first kappa shape index (κ1) is 32.4. The molecule has 0 bridgehead atoms. The number of hydrogen-bond acceptors (Lipinski definition) is 7. The van der Waals surface area contributed by atoms with Crippen LogP contribution in [-0.4, -0.2) is 77.9 Å². The highest BCUT2D eigenvalue weighted by Crippen LogP contribution is 2.39. The highest BCUT2D eigenvalue weighted by molar-refractivity contribution is 6.05. The van der Waals surface area contributed by atoms with Gasteiger partial charge in [-0.25, -0.2) is 4.79 Å². The molecule has 0 amide bonds. The number of hydrogen-bond donors (Lipinski definition) is 0. The predicted molar refractivity (Wildman–Crippen MR) is 188 cm³/mol. The zero-order valence-corrected chi connectivity index (χ0v) is 28.2. The van der Waals surface area contributed by atoms with Crippen LogP contribution in [0.25, 0.3) is 32.8 Å². The van der Waals surface area contributed by atoms with Crippen LogP contribution < -0.4 is 4.74 Å². The van der Waals surface area contributed by atoms with Gasteiger partial charge in [0.1, 0.15) is 11.4 Å². The molecule has 252 valence electrons.